The zero-order valence-corrected chi connectivity index (χ0v) is 9.63. The summed E-state index contributed by atoms with van der Waals surface area (Å²) in [6, 6.07) is 3.02. The van der Waals surface area contributed by atoms with Gasteiger partial charge in [-0.05, 0) is 26.0 Å². The Hall–Kier alpha value is -0.100. The van der Waals surface area contributed by atoms with Crippen LogP contribution in [0.5, 0.6) is 0 Å². The van der Waals surface area contributed by atoms with Crippen molar-refractivity contribution in [2.75, 3.05) is 0 Å². The molecular formula is C7H10ClNO2S2. The van der Waals surface area contributed by atoms with Gasteiger partial charge in [0.1, 0.15) is 9.08 Å². The van der Waals surface area contributed by atoms with Gasteiger partial charge in [0.25, 0.3) is 0 Å². The van der Waals surface area contributed by atoms with Crippen LogP contribution in [-0.4, -0.2) is 13.3 Å². The number of hydrogen-bond donors (Lipinski definition) is 1. The molecule has 0 radical (unpaired) electrons. The molecule has 0 saturated carbocycles. The molecule has 13 heavy (non-hydrogen) atoms. The number of halogens is 1. The predicted octanol–water partition coefficient (Wildman–Crippen LogP) is 1.87. The van der Waals surface area contributed by atoms with Crippen molar-refractivity contribution in [3.05, 3.63) is 16.5 Å². The van der Waals surface area contributed by atoms with Gasteiger partial charge in [-0.15, -0.1) is 11.3 Å². The molecule has 0 atom stereocenters. The average Bonchev–Trinajstić information content (AvgIpc) is 2.33. The maximum Gasteiger partial charge on any atom is 0.205 e. The number of rotatable bonds is 2. The van der Waals surface area contributed by atoms with E-state index in [9.17, 15) is 8.42 Å². The van der Waals surface area contributed by atoms with Crippen molar-refractivity contribution in [3.8, 4) is 0 Å². The molecule has 74 valence electrons. The second-order valence-corrected chi connectivity index (χ2v) is 7.64. The van der Waals surface area contributed by atoms with E-state index in [0.29, 0.717) is 4.34 Å². The van der Waals surface area contributed by atoms with Gasteiger partial charge in [0.15, 0.2) is 0 Å². The van der Waals surface area contributed by atoms with E-state index in [1.807, 2.05) is 0 Å². The van der Waals surface area contributed by atoms with Gasteiger partial charge in [-0.25, -0.2) is 8.42 Å². The fraction of sp³-hybridized carbons (Fsp3) is 0.429. The molecular weight excluding hydrogens is 230 g/mol. The molecule has 6 heteroatoms. The van der Waals surface area contributed by atoms with Gasteiger partial charge in [0, 0.05) is 0 Å². The van der Waals surface area contributed by atoms with Gasteiger partial charge in [0.05, 0.1) is 4.34 Å². The van der Waals surface area contributed by atoms with Gasteiger partial charge in [-0.3, -0.25) is 0 Å². The van der Waals surface area contributed by atoms with Crippen LogP contribution in [0, 0.1) is 0 Å². The van der Waals surface area contributed by atoms with Gasteiger partial charge >= 0.3 is 0 Å². The van der Waals surface area contributed by atoms with Crippen LogP contribution in [0.1, 0.15) is 13.8 Å². The molecule has 2 N–H and O–H groups in total. The number of thiophene rings is 1. The Morgan fingerprint density at radius 1 is 1.46 bits per heavy atom. The summed E-state index contributed by atoms with van der Waals surface area (Å²) in [5, 5.41) is 0. The molecule has 1 rings (SSSR count). The van der Waals surface area contributed by atoms with Crippen LogP contribution in [0.2, 0.25) is 4.34 Å². The summed E-state index contributed by atoms with van der Waals surface area (Å²) in [5.41, 5.74) is 5.53. The lowest BCUT2D eigenvalue weighted by Crippen LogP contribution is -2.40. The van der Waals surface area contributed by atoms with E-state index in [2.05, 4.69) is 0 Å². The van der Waals surface area contributed by atoms with Crippen molar-refractivity contribution in [3.63, 3.8) is 0 Å². The largest absolute Gasteiger partial charge is 0.313 e. The second-order valence-electron chi connectivity index (χ2n) is 3.17. The SMILES string of the molecule is CC(C)(N)S(=O)(=O)c1ccc(Cl)s1. The molecule has 0 fully saturated rings. The van der Waals surface area contributed by atoms with Crippen LogP contribution < -0.4 is 5.73 Å². The molecule has 0 aliphatic rings. The van der Waals surface area contributed by atoms with Crippen molar-refractivity contribution in [2.24, 2.45) is 5.73 Å². The molecule has 0 unspecified atom stereocenters. The van der Waals surface area contributed by atoms with Crippen molar-refractivity contribution in [1.82, 2.24) is 0 Å². The Balaban J connectivity index is 3.24. The molecule has 1 aromatic rings. The van der Waals surface area contributed by atoms with Crippen LogP contribution in [0.3, 0.4) is 0 Å². The van der Waals surface area contributed by atoms with Crippen LogP contribution in [0.15, 0.2) is 16.3 Å². The maximum absolute atomic E-state index is 11.7. The molecule has 0 saturated heterocycles. The average molecular weight is 240 g/mol. The standard InChI is InChI=1S/C7H10ClNO2S2/c1-7(2,9)13(10,11)6-4-3-5(8)12-6/h3-4H,9H2,1-2H3. The van der Waals surface area contributed by atoms with E-state index in [1.165, 1.54) is 19.9 Å². The summed E-state index contributed by atoms with van der Waals surface area (Å²) < 4.78 is 24.0. The third kappa shape index (κ3) is 2.04. The molecule has 0 spiro atoms. The van der Waals surface area contributed by atoms with Crippen LogP contribution in [-0.2, 0) is 9.84 Å². The van der Waals surface area contributed by atoms with E-state index in [4.69, 9.17) is 17.3 Å². The second kappa shape index (κ2) is 3.24. The molecule has 3 nitrogen and oxygen atoms in total. The zero-order valence-electron chi connectivity index (χ0n) is 7.24. The van der Waals surface area contributed by atoms with Gasteiger partial charge < -0.3 is 5.73 Å². The van der Waals surface area contributed by atoms with Crippen molar-refractivity contribution in [2.45, 2.75) is 22.9 Å². The lowest BCUT2D eigenvalue weighted by atomic mass is 10.4. The van der Waals surface area contributed by atoms with Gasteiger partial charge in [-0.1, -0.05) is 11.6 Å². The fourth-order valence-corrected chi connectivity index (χ4v) is 3.73. The molecule has 0 aliphatic carbocycles. The molecule has 1 heterocycles. The summed E-state index contributed by atoms with van der Waals surface area (Å²) >= 11 is 6.65. The summed E-state index contributed by atoms with van der Waals surface area (Å²) in [6.45, 7) is 2.91. The van der Waals surface area contributed by atoms with E-state index in [1.54, 1.807) is 6.07 Å². The lowest BCUT2D eigenvalue weighted by Gasteiger charge is -2.17. The zero-order chi connectivity index (χ0) is 10.3. The Bertz CT molecular complexity index is 402. The summed E-state index contributed by atoms with van der Waals surface area (Å²) in [5.74, 6) is 0. The highest BCUT2D eigenvalue weighted by Crippen LogP contribution is 2.30. The van der Waals surface area contributed by atoms with Crippen LogP contribution >= 0.6 is 22.9 Å². The lowest BCUT2D eigenvalue weighted by molar-refractivity contribution is 0.555. The first-order valence-electron chi connectivity index (χ1n) is 3.54. The molecule has 0 aromatic carbocycles. The minimum Gasteiger partial charge on any atom is -0.313 e. The third-order valence-corrected chi connectivity index (χ3v) is 5.49. The molecule has 0 bridgehead atoms. The molecule has 0 aliphatic heterocycles. The minimum absolute atomic E-state index is 0.213. The summed E-state index contributed by atoms with van der Waals surface area (Å²) in [4.78, 5) is -1.26. The van der Waals surface area contributed by atoms with Crippen molar-refractivity contribution < 1.29 is 8.42 Å². The summed E-state index contributed by atoms with van der Waals surface area (Å²) in [7, 11) is -3.44. The van der Waals surface area contributed by atoms with Gasteiger partial charge in [0.2, 0.25) is 9.84 Å². The van der Waals surface area contributed by atoms with E-state index in [0.717, 1.165) is 11.3 Å². The number of sulfone groups is 1. The number of hydrogen-bond acceptors (Lipinski definition) is 4. The summed E-state index contributed by atoms with van der Waals surface area (Å²) in [6.07, 6.45) is 0. The highest BCUT2D eigenvalue weighted by atomic mass is 35.5. The van der Waals surface area contributed by atoms with Crippen LogP contribution in [0.25, 0.3) is 0 Å². The fourth-order valence-electron chi connectivity index (χ4n) is 0.701. The van der Waals surface area contributed by atoms with E-state index in [-0.39, 0.29) is 4.21 Å². The van der Waals surface area contributed by atoms with Crippen molar-refractivity contribution >= 4 is 32.8 Å². The topological polar surface area (TPSA) is 60.2 Å². The number of nitrogens with two attached hydrogens (primary N) is 1. The minimum atomic E-state index is -3.44. The van der Waals surface area contributed by atoms with E-state index < -0.39 is 14.7 Å². The quantitative estimate of drug-likeness (QED) is 0.857. The highest BCUT2D eigenvalue weighted by molar-refractivity contribution is 7.94. The first kappa shape index (κ1) is 11.0. The maximum atomic E-state index is 11.7. The molecule has 0 amide bonds. The normalized spacial score (nSPS) is 13.2. The smallest absolute Gasteiger partial charge is 0.205 e. The first-order valence-corrected chi connectivity index (χ1v) is 6.22. The Morgan fingerprint density at radius 2 is 2.00 bits per heavy atom. The highest BCUT2D eigenvalue weighted by Gasteiger charge is 2.32. The third-order valence-electron chi connectivity index (χ3n) is 1.51. The Labute approximate surface area is 86.4 Å². The monoisotopic (exact) mass is 239 g/mol. The predicted molar refractivity (Wildman–Crippen MR) is 54.8 cm³/mol. The Morgan fingerprint density at radius 3 is 2.31 bits per heavy atom. The molecule has 1 aromatic heterocycles. The van der Waals surface area contributed by atoms with Crippen molar-refractivity contribution in [1.29, 1.82) is 0 Å². The van der Waals surface area contributed by atoms with Gasteiger partial charge in [-0.2, -0.15) is 0 Å². The van der Waals surface area contributed by atoms with E-state index >= 15 is 0 Å². The first-order chi connectivity index (χ1) is 5.75. The van der Waals surface area contributed by atoms with Crippen LogP contribution in [0.4, 0.5) is 0 Å². The Kier molecular flexibility index (Phi) is 2.73.